The fraction of sp³-hybridized carbons (Fsp3) is 0.333. The molecular formula is C12H15BrClN3O2. The third kappa shape index (κ3) is 4.40. The summed E-state index contributed by atoms with van der Waals surface area (Å²) in [4.78, 5) is 12.1. The Bertz CT molecular complexity index is 494. The van der Waals surface area contributed by atoms with Crippen molar-refractivity contribution in [2.24, 2.45) is 10.9 Å². The molecule has 0 aliphatic rings. The van der Waals surface area contributed by atoms with Crippen LogP contribution in [0.25, 0.3) is 0 Å². The van der Waals surface area contributed by atoms with Crippen LogP contribution in [0.15, 0.2) is 27.8 Å². The quantitative estimate of drug-likeness (QED) is 0.331. The van der Waals surface area contributed by atoms with Crippen LogP contribution in [0, 0.1) is 0 Å². The van der Waals surface area contributed by atoms with Gasteiger partial charge < -0.3 is 16.3 Å². The lowest BCUT2D eigenvalue weighted by Crippen LogP contribution is -2.44. The van der Waals surface area contributed by atoms with Gasteiger partial charge in [-0.25, -0.2) is 0 Å². The number of halogens is 2. The van der Waals surface area contributed by atoms with E-state index in [0.29, 0.717) is 17.0 Å². The van der Waals surface area contributed by atoms with E-state index in [4.69, 9.17) is 22.5 Å². The van der Waals surface area contributed by atoms with Crippen LogP contribution >= 0.6 is 27.5 Å². The van der Waals surface area contributed by atoms with Crippen LogP contribution in [0.4, 0.5) is 0 Å². The van der Waals surface area contributed by atoms with E-state index in [-0.39, 0.29) is 11.7 Å². The first-order chi connectivity index (χ1) is 8.99. The number of nitrogens with one attached hydrogen (secondary N) is 1. The number of carbonyl (C=O) groups excluding carboxylic acids is 1. The van der Waals surface area contributed by atoms with Crippen LogP contribution in [0.2, 0.25) is 5.02 Å². The molecule has 0 aromatic heterocycles. The highest BCUT2D eigenvalue weighted by Gasteiger charge is 2.18. The molecule has 1 unspecified atom stereocenters. The molecule has 0 aliphatic heterocycles. The molecule has 0 aliphatic carbocycles. The van der Waals surface area contributed by atoms with Crippen molar-refractivity contribution in [1.82, 2.24) is 5.32 Å². The number of hydrogen-bond acceptors (Lipinski definition) is 3. The van der Waals surface area contributed by atoms with E-state index in [1.807, 2.05) is 6.92 Å². The lowest BCUT2D eigenvalue weighted by molar-refractivity contribution is 0.0945. The molecule has 104 valence electrons. The smallest absolute Gasteiger partial charge is 0.253 e. The van der Waals surface area contributed by atoms with Gasteiger partial charge in [-0.05, 0) is 24.6 Å². The molecule has 4 N–H and O–H groups in total. The molecule has 1 rings (SSSR count). The van der Waals surface area contributed by atoms with E-state index in [2.05, 4.69) is 26.4 Å². The lowest BCUT2D eigenvalue weighted by Gasteiger charge is -2.17. The maximum atomic E-state index is 12.1. The Morgan fingerprint density at radius 1 is 1.63 bits per heavy atom. The Hall–Kier alpha value is -1.27. The molecule has 0 bridgehead atoms. The summed E-state index contributed by atoms with van der Waals surface area (Å²) in [5, 5.41) is 14.6. The highest BCUT2D eigenvalue weighted by Crippen LogP contribution is 2.21. The molecule has 7 heteroatoms. The number of rotatable bonds is 5. The third-order valence-electron chi connectivity index (χ3n) is 2.53. The average Bonchev–Trinajstić information content (AvgIpc) is 2.37. The Morgan fingerprint density at radius 2 is 2.32 bits per heavy atom. The molecule has 5 nitrogen and oxygen atoms in total. The molecule has 0 radical (unpaired) electrons. The van der Waals surface area contributed by atoms with Crippen molar-refractivity contribution in [3.8, 4) is 0 Å². The molecular weight excluding hydrogens is 334 g/mol. The number of nitrogens with two attached hydrogens (primary N) is 1. The van der Waals surface area contributed by atoms with Crippen LogP contribution in [0.1, 0.15) is 30.1 Å². The van der Waals surface area contributed by atoms with Crippen molar-refractivity contribution in [1.29, 1.82) is 0 Å². The van der Waals surface area contributed by atoms with Gasteiger partial charge >= 0.3 is 0 Å². The number of nitrogens with zero attached hydrogens (tertiary/aromatic N) is 1. The summed E-state index contributed by atoms with van der Waals surface area (Å²) < 4.78 is 0.788. The van der Waals surface area contributed by atoms with Gasteiger partial charge in [-0.3, -0.25) is 4.79 Å². The zero-order valence-electron chi connectivity index (χ0n) is 10.4. The monoisotopic (exact) mass is 347 g/mol. The number of amidine groups is 1. The standard InChI is InChI=1S/C12H15BrClN3O2/c1-2-3-10(11(15)17-19)16-12(18)8-5-4-7(13)6-9(8)14/h4-6,10,19H,2-3H2,1H3,(H2,15,17)(H,16,18). The number of benzene rings is 1. The maximum absolute atomic E-state index is 12.1. The Kier molecular flexibility index (Phi) is 6.11. The van der Waals surface area contributed by atoms with Gasteiger partial charge in [-0.15, -0.1) is 0 Å². The normalized spacial score (nSPS) is 13.1. The van der Waals surface area contributed by atoms with Crippen LogP contribution < -0.4 is 11.1 Å². The van der Waals surface area contributed by atoms with Gasteiger partial charge in [-0.2, -0.15) is 0 Å². The topological polar surface area (TPSA) is 87.7 Å². The van der Waals surface area contributed by atoms with Crippen molar-refractivity contribution >= 4 is 39.3 Å². The molecule has 1 aromatic rings. The van der Waals surface area contributed by atoms with Gasteiger partial charge in [0.05, 0.1) is 16.6 Å². The Labute approximate surface area is 124 Å². The summed E-state index contributed by atoms with van der Waals surface area (Å²) in [6, 6.07) is 4.45. The van der Waals surface area contributed by atoms with Crippen LogP contribution in [0.3, 0.4) is 0 Å². The van der Waals surface area contributed by atoms with Gasteiger partial charge in [0.2, 0.25) is 0 Å². The molecule has 19 heavy (non-hydrogen) atoms. The van der Waals surface area contributed by atoms with E-state index in [9.17, 15) is 4.79 Å². The second-order valence-electron chi connectivity index (χ2n) is 3.96. The molecule has 0 spiro atoms. The summed E-state index contributed by atoms with van der Waals surface area (Å²) in [5.74, 6) is -0.383. The van der Waals surface area contributed by atoms with E-state index in [1.54, 1.807) is 18.2 Å². The van der Waals surface area contributed by atoms with Crippen molar-refractivity contribution in [3.63, 3.8) is 0 Å². The average molecular weight is 349 g/mol. The summed E-state index contributed by atoms with van der Waals surface area (Å²) in [6.07, 6.45) is 1.37. The SMILES string of the molecule is CCCC(NC(=O)c1ccc(Br)cc1Cl)/C(N)=N/O. The minimum Gasteiger partial charge on any atom is -0.409 e. The first kappa shape index (κ1) is 15.8. The second kappa shape index (κ2) is 7.35. The van der Waals surface area contributed by atoms with Crippen molar-refractivity contribution in [3.05, 3.63) is 33.3 Å². The largest absolute Gasteiger partial charge is 0.409 e. The first-order valence-electron chi connectivity index (χ1n) is 5.73. The summed E-state index contributed by atoms with van der Waals surface area (Å²) in [5.41, 5.74) is 5.88. The van der Waals surface area contributed by atoms with Gasteiger partial charge in [0.25, 0.3) is 5.91 Å². The van der Waals surface area contributed by atoms with Crippen LogP contribution in [-0.2, 0) is 0 Å². The van der Waals surface area contributed by atoms with E-state index < -0.39 is 6.04 Å². The molecule has 1 atom stereocenters. The number of carbonyl (C=O) groups is 1. The number of amides is 1. The zero-order chi connectivity index (χ0) is 14.4. The highest BCUT2D eigenvalue weighted by atomic mass is 79.9. The van der Waals surface area contributed by atoms with Crippen molar-refractivity contribution < 1.29 is 10.0 Å². The summed E-state index contributed by atoms with van der Waals surface area (Å²) in [7, 11) is 0. The van der Waals surface area contributed by atoms with Gasteiger partial charge in [0.1, 0.15) is 0 Å². The Morgan fingerprint density at radius 3 is 2.84 bits per heavy atom. The fourth-order valence-corrected chi connectivity index (χ4v) is 2.32. The lowest BCUT2D eigenvalue weighted by atomic mass is 10.1. The minimum atomic E-state index is -0.512. The second-order valence-corrected chi connectivity index (χ2v) is 5.29. The zero-order valence-corrected chi connectivity index (χ0v) is 12.7. The highest BCUT2D eigenvalue weighted by molar-refractivity contribution is 9.10. The Balaban J connectivity index is 2.87. The number of oxime groups is 1. The van der Waals surface area contributed by atoms with Gasteiger partial charge in [-0.1, -0.05) is 46.0 Å². The fourth-order valence-electron chi connectivity index (χ4n) is 1.56. The van der Waals surface area contributed by atoms with Gasteiger partial charge in [0.15, 0.2) is 5.84 Å². The van der Waals surface area contributed by atoms with Crippen LogP contribution in [-0.4, -0.2) is 23.0 Å². The summed E-state index contributed by atoms with van der Waals surface area (Å²) >= 11 is 9.26. The molecule has 0 saturated heterocycles. The predicted octanol–water partition coefficient (Wildman–Crippen LogP) is 2.75. The van der Waals surface area contributed by atoms with E-state index in [1.165, 1.54) is 0 Å². The minimum absolute atomic E-state index is 0.0246. The first-order valence-corrected chi connectivity index (χ1v) is 6.90. The third-order valence-corrected chi connectivity index (χ3v) is 3.34. The maximum Gasteiger partial charge on any atom is 0.253 e. The number of hydrogen-bond donors (Lipinski definition) is 3. The van der Waals surface area contributed by atoms with Crippen molar-refractivity contribution in [2.45, 2.75) is 25.8 Å². The van der Waals surface area contributed by atoms with E-state index >= 15 is 0 Å². The van der Waals surface area contributed by atoms with E-state index in [0.717, 1.165) is 10.9 Å². The summed E-state index contributed by atoms with van der Waals surface area (Å²) in [6.45, 7) is 1.94. The molecule has 0 fully saturated rings. The molecule has 1 amide bonds. The molecule has 0 heterocycles. The molecule has 1 aromatic carbocycles. The van der Waals surface area contributed by atoms with Crippen LogP contribution in [0.5, 0.6) is 0 Å². The predicted molar refractivity (Wildman–Crippen MR) is 78.7 cm³/mol. The molecule has 0 saturated carbocycles. The van der Waals surface area contributed by atoms with Gasteiger partial charge in [0, 0.05) is 4.47 Å². The van der Waals surface area contributed by atoms with Crippen molar-refractivity contribution in [2.75, 3.05) is 0 Å².